The Kier molecular flexibility index (Phi) is 14.7. The molecule has 91 valence electrons. The van der Waals surface area contributed by atoms with Crippen LogP contribution in [-0.4, -0.2) is 5.75 Å². The Morgan fingerprint density at radius 2 is 1.07 bits per heavy atom. The predicted molar refractivity (Wildman–Crippen MR) is 74.6 cm³/mol. The van der Waals surface area contributed by atoms with Crippen LogP contribution < -0.4 is 0 Å². The maximum absolute atomic E-state index is 4.22. The number of rotatable bonds is 12. The molecule has 0 heterocycles. The van der Waals surface area contributed by atoms with E-state index in [1.54, 1.807) is 0 Å². The van der Waals surface area contributed by atoms with Gasteiger partial charge in [-0.25, -0.2) is 0 Å². The lowest BCUT2D eigenvalue weighted by atomic mass is 10.1. The topological polar surface area (TPSA) is 0 Å². The van der Waals surface area contributed by atoms with E-state index in [-0.39, 0.29) is 0 Å². The molecule has 0 aromatic heterocycles. The fourth-order valence-corrected chi connectivity index (χ4v) is 2.10. The highest BCUT2D eigenvalue weighted by atomic mass is 32.1. The number of hydrogen-bond donors (Lipinski definition) is 1. The molecule has 0 bridgehead atoms. The van der Waals surface area contributed by atoms with Gasteiger partial charge in [0.1, 0.15) is 0 Å². The Morgan fingerprint density at radius 3 is 1.47 bits per heavy atom. The largest absolute Gasteiger partial charge is 0.179 e. The Bertz CT molecular complexity index is 89.5. The molecule has 0 saturated carbocycles. The molecule has 0 aliphatic rings. The van der Waals surface area contributed by atoms with Crippen LogP contribution in [0.15, 0.2) is 0 Å². The van der Waals surface area contributed by atoms with Crippen LogP contribution in [0.5, 0.6) is 0 Å². The summed E-state index contributed by atoms with van der Waals surface area (Å²) < 4.78 is 0. The molecule has 0 aliphatic carbocycles. The van der Waals surface area contributed by atoms with E-state index in [2.05, 4.69) is 26.0 Å². The molecule has 0 nitrogen and oxygen atoms in total. The molecule has 0 fully saturated rings. The molecule has 0 atom stereocenters. The lowest BCUT2D eigenvalue weighted by Gasteiger charge is -2.01. The van der Waals surface area contributed by atoms with Crippen molar-refractivity contribution >= 4 is 12.6 Å². The molecule has 0 rings (SSSR count). The third kappa shape index (κ3) is 14.4. The number of unbranched alkanes of at least 4 members (excludes halogenated alkanes) is 11. The first-order chi connectivity index (χ1) is 7.41. The van der Waals surface area contributed by atoms with Gasteiger partial charge in [0.2, 0.25) is 0 Å². The van der Waals surface area contributed by atoms with Crippen molar-refractivity contribution in [3.63, 3.8) is 0 Å². The third-order valence-corrected chi connectivity index (χ3v) is 3.22. The minimum absolute atomic E-state index is 1.06. The summed E-state index contributed by atoms with van der Waals surface area (Å²) in [4.78, 5) is 0. The fourth-order valence-electron chi connectivity index (χ4n) is 1.87. The third-order valence-electron chi connectivity index (χ3n) is 2.90. The van der Waals surface area contributed by atoms with Crippen LogP contribution in [0, 0.1) is 6.42 Å². The van der Waals surface area contributed by atoms with Crippen molar-refractivity contribution in [2.45, 2.75) is 77.6 Å². The van der Waals surface area contributed by atoms with Gasteiger partial charge < -0.3 is 0 Å². The summed E-state index contributed by atoms with van der Waals surface area (Å²) >= 11 is 4.22. The van der Waals surface area contributed by atoms with E-state index in [9.17, 15) is 0 Å². The van der Waals surface area contributed by atoms with Crippen molar-refractivity contribution in [2.24, 2.45) is 0 Å². The predicted octanol–water partition coefficient (Wildman–Crippen LogP) is 5.43. The highest BCUT2D eigenvalue weighted by Crippen LogP contribution is 2.11. The SMILES string of the molecule is C[CH]CCCCCCCCCCCCS. The van der Waals surface area contributed by atoms with Gasteiger partial charge in [-0.05, 0) is 18.6 Å². The Hall–Kier alpha value is 0.350. The molecule has 1 radical (unpaired) electrons. The van der Waals surface area contributed by atoms with Gasteiger partial charge in [0.05, 0.1) is 0 Å². The summed E-state index contributed by atoms with van der Waals surface area (Å²) in [6, 6.07) is 0. The lowest BCUT2D eigenvalue weighted by molar-refractivity contribution is 0.556. The van der Waals surface area contributed by atoms with Crippen molar-refractivity contribution in [1.82, 2.24) is 0 Å². The molecule has 0 spiro atoms. The van der Waals surface area contributed by atoms with Crippen molar-refractivity contribution in [1.29, 1.82) is 0 Å². The van der Waals surface area contributed by atoms with Gasteiger partial charge >= 0.3 is 0 Å². The average Bonchev–Trinajstić information content (AvgIpc) is 2.26. The molecule has 1 heteroatoms. The molecule has 0 aliphatic heterocycles. The summed E-state index contributed by atoms with van der Waals surface area (Å²) in [6.07, 6.45) is 17.8. The van der Waals surface area contributed by atoms with E-state index in [1.807, 2.05) is 0 Å². The molecule has 0 aromatic rings. The second-order valence-corrected chi connectivity index (χ2v) is 4.90. The van der Waals surface area contributed by atoms with Crippen molar-refractivity contribution in [2.75, 3.05) is 5.75 Å². The first-order valence-corrected chi connectivity index (χ1v) is 7.43. The van der Waals surface area contributed by atoms with Gasteiger partial charge in [0.15, 0.2) is 0 Å². The highest BCUT2D eigenvalue weighted by Gasteiger charge is 1.92. The van der Waals surface area contributed by atoms with Crippen LogP contribution in [0.3, 0.4) is 0 Å². The molecule has 0 saturated heterocycles. The molecule has 0 N–H and O–H groups in total. The van der Waals surface area contributed by atoms with Crippen LogP contribution in [0.1, 0.15) is 77.6 Å². The van der Waals surface area contributed by atoms with Crippen molar-refractivity contribution in [3.8, 4) is 0 Å². The van der Waals surface area contributed by atoms with Gasteiger partial charge in [0.25, 0.3) is 0 Å². The maximum atomic E-state index is 4.22. The summed E-state index contributed by atoms with van der Waals surface area (Å²) in [5.41, 5.74) is 0. The minimum Gasteiger partial charge on any atom is -0.179 e. The van der Waals surface area contributed by atoms with Crippen molar-refractivity contribution < 1.29 is 0 Å². The summed E-state index contributed by atoms with van der Waals surface area (Å²) in [7, 11) is 0. The van der Waals surface area contributed by atoms with Crippen LogP contribution in [0.4, 0.5) is 0 Å². The molecule has 0 aromatic carbocycles. The van der Waals surface area contributed by atoms with E-state index >= 15 is 0 Å². The Morgan fingerprint density at radius 1 is 0.667 bits per heavy atom. The Labute approximate surface area is 103 Å². The zero-order chi connectivity index (χ0) is 11.2. The lowest BCUT2D eigenvalue weighted by Crippen LogP contribution is -1.82. The van der Waals surface area contributed by atoms with Crippen LogP contribution in [-0.2, 0) is 0 Å². The number of thiol groups is 1. The van der Waals surface area contributed by atoms with Crippen molar-refractivity contribution in [3.05, 3.63) is 6.42 Å². The second kappa shape index (κ2) is 14.3. The van der Waals surface area contributed by atoms with E-state index in [1.165, 1.54) is 70.6 Å². The first-order valence-electron chi connectivity index (χ1n) is 6.80. The quantitative estimate of drug-likeness (QED) is 0.335. The average molecular weight is 229 g/mol. The van der Waals surface area contributed by atoms with Gasteiger partial charge in [-0.1, -0.05) is 71.1 Å². The molecular weight excluding hydrogens is 200 g/mol. The zero-order valence-electron chi connectivity index (χ0n) is 10.5. The molecule has 15 heavy (non-hydrogen) atoms. The minimum atomic E-state index is 1.06. The molecular formula is C14H29S. The van der Waals surface area contributed by atoms with Crippen LogP contribution in [0.2, 0.25) is 0 Å². The summed E-state index contributed by atoms with van der Waals surface area (Å²) in [5, 5.41) is 0. The maximum Gasteiger partial charge on any atom is -0.00979 e. The summed E-state index contributed by atoms with van der Waals surface area (Å²) in [5.74, 6) is 1.06. The first kappa shape index (κ1) is 15.3. The summed E-state index contributed by atoms with van der Waals surface area (Å²) in [6.45, 7) is 2.16. The van der Waals surface area contributed by atoms with Gasteiger partial charge in [-0.2, -0.15) is 12.6 Å². The number of hydrogen-bond acceptors (Lipinski definition) is 1. The van der Waals surface area contributed by atoms with E-state index in [0.29, 0.717) is 0 Å². The monoisotopic (exact) mass is 229 g/mol. The normalized spacial score (nSPS) is 10.8. The van der Waals surface area contributed by atoms with Crippen LogP contribution >= 0.6 is 12.6 Å². The van der Waals surface area contributed by atoms with Gasteiger partial charge in [0, 0.05) is 0 Å². The van der Waals surface area contributed by atoms with Gasteiger partial charge in [-0.3, -0.25) is 0 Å². The van der Waals surface area contributed by atoms with E-state index in [4.69, 9.17) is 0 Å². The van der Waals surface area contributed by atoms with E-state index in [0.717, 1.165) is 5.75 Å². The highest BCUT2D eigenvalue weighted by molar-refractivity contribution is 7.80. The smallest absolute Gasteiger partial charge is 0.00979 e. The van der Waals surface area contributed by atoms with Crippen LogP contribution in [0.25, 0.3) is 0 Å². The Balaban J connectivity index is 2.81. The van der Waals surface area contributed by atoms with E-state index < -0.39 is 0 Å². The zero-order valence-corrected chi connectivity index (χ0v) is 11.4. The second-order valence-electron chi connectivity index (χ2n) is 4.46. The molecule has 0 unspecified atom stereocenters. The molecule has 0 amide bonds. The van der Waals surface area contributed by atoms with Gasteiger partial charge in [-0.15, -0.1) is 0 Å². The fraction of sp³-hybridized carbons (Fsp3) is 0.929. The standard InChI is InChI=1S/C14H29S/c1-2-3-4-5-6-7-8-9-10-11-12-13-14-15/h2,15H,3-14H2,1H3.